The molecule has 5 heteroatoms. The van der Waals surface area contributed by atoms with Crippen LogP contribution in [-0.2, 0) is 12.8 Å². The first kappa shape index (κ1) is 16.5. The molecular weight excluding hydrogens is 298 g/mol. The fraction of sp³-hybridized carbons (Fsp3) is 0.412. The summed E-state index contributed by atoms with van der Waals surface area (Å²) >= 11 is 1.28. The topological polar surface area (TPSA) is 59.4 Å². The fourth-order valence-corrected chi connectivity index (χ4v) is 3.16. The Morgan fingerprint density at radius 3 is 2.68 bits per heavy atom. The van der Waals surface area contributed by atoms with Crippen LogP contribution in [0, 0.1) is 13.8 Å². The van der Waals surface area contributed by atoms with Gasteiger partial charge in [-0.25, -0.2) is 9.78 Å². The molecule has 0 bridgehead atoms. The molecule has 0 fully saturated rings. The van der Waals surface area contributed by atoms with E-state index in [1.807, 2.05) is 19.1 Å². The maximum absolute atomic E-state index is 11.1. The van der Waals surface area contributed by atoms with Gasteiger partial charge >= 0.3 is 5.97 Å². The number of aromatic nitrogens is 1. The normalized spacial score (nSPS) is 10.7. The van der Waals surface area contributed by atoms with Gasteiger partial charge in [-0.15, -0.1) is 11.3 Å². The van der Waals surface area contributed by atoms with Crippen LogP contribution < -0.4 is 4.74 Å². The molecular formula is C17H21NO3S. The molecule has 1 N–H and O–H groups in total. The quantitative estimate of drug-likeness (QED) is 0.783. The van der Waals surface area contributed by atoms with Gasteiger partial charge in [-0.1, -0.05) is 13.0 Å². The first-order chi connectivity index (χ1) is 10.5. The van der Waals surface area contributed by atoms with E-state index in [-0.39, 0.29) is 0 Å². The molecule has 1 aromatic heterocycles. The lowest BCUT2D eigenvalue weighted by Crippen LogP contribution is -2.00. The zero-order valence-corrected chi connectivity index (χ0v) is 14.0. The number of benzene rings is 1. The predicted molar refractivity (Wildman–Crippen MR) is 88.2 cm³/mol. The number of ether oxygens (including phenoxy) is 1. The molecule has 0 aliphatic heterocycles. The number of carboxylic acid groups (broad SMARTS) is 1. The second kappa shape index (κ2) is 7.40. The first-order valence-corrected chi connectivity index (χ1v) is 8.24. The summed E-state index contributed by atoms with van der Waals surface area (Å²) in [6.45, 7) is 6.67. The van der Waals surface area contributed by atoms with Crippen molar-refractivity contribution < 1.29 is 14.6 Å². The Bertz CT molecular complexity index is 664. The van der Waals surface area contributed by atoms with Crippen LogP contribution in [0.5, 0.6) is 5.75 Å². The molecule has 1 heterocycles. The highest BCUT2D eigenvalue weighted by Crippen LogP contribution is 2.21. The summed E-state index contributed by atoms with van der Waals surface area (Å²) in [5.74, 6) is -0.00492. The van der Waals surface area contributed by atoms with Crippen LogP contribution in [0.15, 0.2) is 18.2 Å². The zero-order chi connectivity index (χ0) is 16.1. The van der Waals surface area contributed by atoms with Crippen LogP contribution >= 0.6 is 11.3 Å². The third kappa shape index (κ3) is 4.07. The van der Waals surface area contributed by atoms with Gasteiger partial charge in [-0.2, -0.15) is 0 Å². The van der Waals surface area contributed by atoms with Crippen molar-refractivity contribution in [3.05, 3.63) is 44.9 Å². The van der Waals surface area contributed by atoms with Crippen LogP contribution in [-0.4, -0.2) is 22.7 Å². The Morgan fingerprint density at radius 1 is 1.32 bits per heavy atom. The minimum absolute atomic E-state index is 0.368. The van der Waals surface area contributed by atoms with Crippen LogP contribution in [0.1, 0.15) is 44.8 Å². The number of carboxylic acids is 1. The Labute approximate surface area is 134 Å². The monoisotopic (exact) mass is 319 g/mol. The van der Waals surface area contributed by atoms with Gasteiger partial charge in [0, 0.05) is 6.42 Å². The Kier molecular flexibility index (Phi) is 5.55. The van der Waals surface area contributed by atoms with E-state index >= 15 is 0 Å². The van der Waals surface area contributed by atoms with Crippen molar-refractivity contribution in [1.29, 1.82) is 0 Å². The van der Waals surface area contributed by atoms with Crippen molar-refractivity contribution >= 4 is 17.3 Å². The van der Waals surface area contributed by atoms with E-state index in [2.05, 4.69) is 24.9 Å². The highest BCUT2D eigenvalue weighted by molar-refractivity contribution is 7.13. The minimum Gasteiger partial charge on any atom is -0.494 e. The predicted octanol–water partition coefficient (Wildman–Crippen LogP) is 4.03. The lowest BCUT2D eigenvalue weighted by Gasteiger charge is -2.07. The van der Waals surface area contributed by atoms with E-state index in [9.17, 15) is 4.79 Å². The van der Waals surface area contributed by atoms with Gasteiger partial charge < -0.3 is 9.84 Å². The largest absolute Gasteiger partial charge is 0.494 e. The van der Waals surface area contributed by atoms with E-state index in [1.165, 1.54) is 22.5 Å². The van der Waals surface area contributed by atoms with E-state index in [0.29, 0.717) is 23.6 Å². The molecule has 0 radical (unpaired) electrons. The van der Waals surface area contributed by atoms with Crippen molar-refractivity contribution in [3.8, 4) is 5.75 Å². The van der Waals surface area contributed by atoms with Crippen molar-refractivity contribution in [2.24, 2.45) is 0 Å². The van der Waals surface area contributed by atoms with Gasteiger partial charge in [0.2, 0.25) is 0 Å². The lowest BCUT2D eigenvalue weighted by molar-refractivity contribution is 0.0701. The standard InChI is InChI=1S/C17H21NO3S/c1-4-14-16(17(19)20)22-15(18-14)6-5-9-21-13-8-7-11(2)12(3)10-13/h7-8,10H,4-6,9H2,1-3H3,(H,19,20). The molecule has 0 aliphatic rings. The average Bonchev–Trinajstić information content (AvgIpc) is 2.91. The lowest BCUT2D eigenvalue weighted by atomic mass is 10.1. The molecule has 0 amide bonds. The second-order valence-corrected chi connectivity index (χ2v) is 6.32. The molecule has 4 nitrogen and oxygen atoms in total. The smallest absolute Gasteiger partial charge is 0.347 e. The Balaban J connectivity index is 1.86. The molecule has 0 aliphatic carbocycles. The maximum atomic E-state index is 11.1. The fourth-order valence-electron chi connectivity index (χ4n) is 2.13. The van der Waals surface area contributed by atoms with Crippen molar-refractivity contribution in [3.63, 3.8) is 0 Å². The zero-order valence-electron chi connectivity index (χ0n) is 13.2. The van der Waals surface area contributed by atoms with E-state index in [0.717, 1.165) is 23.6 Å². The molecule has 0 atom stereocenters. The number of aryl methyl sites for hydroxylation is 4. The summed E-state index contributed by atoms with van der Waals surface area (Å²) in [5.41, 5.74) is 3.15. The van der Waals surface area contributed by atoms with Crippen molar-refractivity contribution in [2.75, 3.05) is 6.61 Å². The van der Waals surface area contributed by atoms with E-state index in [1.54, 1.807) is 0 Å². The summed E-state index contributed by atoms with van der Waals surface area (Å²) in [5, 5.41) is 10.00. The van der Waals surface area contributed by atoms with Crippen LogP contribution in [0.2, 0.25) is 0 Å². The summed E-state index contributed by atoms with van der Waals surface area (Å²) < 4.78 is 5.73. The van der Waals surface area contributed by atoms with Gasteiger partial charge in [0.05, 0.1) is 17.3 Å². The molecule has 2 rings (SSSR count). The van der Waals surface area contributed by atoms with Gasteiger partial charge in [-0.05, 0) is 49.9 Å². The molecule has 0 saturated carbocycles. The number of hydrogen-bond acceptors (Lipinski definition) is 4. The molecule has 118 valence electrons. The molecule has 22 heavy (non-hydrogen) atoms. The number of carbonyl (C=O) groups is 1. The number of hydrogen-bond donors (Lipinski definition) is 1. The number of nitrogens with zero attached hydrogens (tertiary/aromatic N) is 1. The highest BCUT2D eigenvalue weighted by atomic mass is 32.1. The number of aromatic carboxylic acids is 1. The molecule has 0 spiro atoms. The molecule has 0 unspecified atom stereocenters. The van der Waals surface area contributed by atoms with Crippen LogP contribution in [0.3, 0.4) is 0 Å². The van der Waals surface area contributed by atoms with Gasteiger partial charge in [0.25, 0.3) is 0 Å². The highest BCUT2D eigenvalue weighted by Gasteiger charge is 2.15. The molecule has 2 aromatic rings. The second-order valence-electron chi connectivity index (χ2n) is 5.24. The summed E-state index contributed by atoms with van der Waals surface area (Å²) in [4.78, 5) is 15.9. The maximum Gasteiger partial charge on any atom is 0.347 e. The van der Waals surface area contributed by atoms with Crippen molar-refractivity contribution in [2.45, 2.75) is 40.0 Å². The Hall–Kier alpha value is -1.88. The van der Waals surface area contributed by atoms with E-state index < -0.39 is 5.97 Å². The number of rotatable bonds is 7. The van der Waals surface area contributed by atoms with Gasteiger partial charge in [0.1, 0.15) is 10.6 Å². The Morgan fingerprint density at radius 2 is 2.09 bits per heavy atom. The summed E-state index contributed by atoms with van der Waals surface area (Å²) in [7, 11) is 0. The minimum atomic E-state index is -0.882. The third-order valence-electron chi connectivity index (χ3n) is 3.55. The third-order valence-corrected chi connectivity index (χ3v) is 4.70. The van der Waals surface area contributed by atoms with E-state index in [4.69, 9.17) is 9.84 Å². The number of thiazole rings is 1. The van der Waals surface area contributed by atoms with Crippen LogP contribution in [0.25, 0.3) is 0 Å². The summed E-state index contributed by atoms with van der Waals surface area (Å²) in [6, 6.07) is 6.07. The molecule has 0 saturated heterocycles. The molecule has 1 aromatic carbocycles. The van der Waals surface area contributed by atoms with Crippen LogP contribution in [0.4, 0.5) is 0 Å². The first-order valence-electron chi connectivity index (χ1n) is 7.43. The van der Waals surface area contributed by atoms with Gasteiger partial charge in [-0.3, -0.25) is 0 Å². The SMILES string of the molecule is CCc1nc(CCCOc2ccc(C)c(C)c2)sc1C(=O)O. The van der Waals surface area contributed by atoms with Gasteiger partial charge in [0.15, 0.2) is 0 Å². The van der Waals surface area contributed by atoms with Crippen molar-refractivity contribution in [1.82, 2.24) is 4.98 Å². The average molecular weight is 319 g/mol. The summed E-state index contributed by atoms with van der Waals surface area (Å²) in [6.07, 6.45) is 2.22.